The molecule has 1 amide bonds. The Labute approximate surface area is 135 Å². The van der Waals surface area contributed by atoms with Gasteiger partial charge in [0, 0.05) is 30.3 Å². The average molecular weight is 322 g/mol. The molecule has 2 heterocycles. The summed E-state index contributed by atoms with van der Waals surface area (Å²) >= 11 is 3.67. The Hall–Kier alpha value is -0.810. The van der Waals surface area contributed by atoms with Crippen LogP contribution in [0.1, 0.15) is 19.3 Å². The molecule has 2 aliphatic heterocycles. The predicted octanol–water partition coefficient (Wildman–Crippen LogP) is 3.46. The van der Waals surface area contributed by atoms with E-state index in [1.54, 1.807) is 11.8 Å². The first-order valence-corrected chi connectivity index (χ1v) is 9.89. The van der Waals surface area contributed by atoms with E-state index in [1.807, 2.05) is 23.9 Å². The van der Waals surface area contributed by atoms with Crippen molar-refractivity contribution in [3.05, 3.63) is 24.3 Å². The zero-order valence-electron chi connectivity index (χ0n) is 12.2. The van der Waals surface area contributed by atoms with Crippen molar-refractivity contribution >= 4 is 40.8 Å². The molecule has 1 N–H and O–H groups in total. The van der Waals surface area contributed by atoms with Gasteiger partial charge in [0.25, 0.3) is 0 Å². The fraction of sp³-hybridized carbons (Fsp3) is 0.562. The largest absolute Gasteiger partial charge is 0.370 e. The highest BCUT2D eigenvalue weighted by atomic mass is 32.2. The van der Waals surface area contributed by atoms with Gasteiger partial charge in [-0.25, -0.2) is 0 Å². The van der Waals surface area contributed by atoms with Crippen molar-refractivity contribution < 1.29 is 4.79 Å². The lowest BCUT2D eigenvalue weighted by molar-refractivity contribution is -0.115. The van der Waals surface area contributed by atoms with Gasteiger partial charge >= 0.3 is 0 Å². The number of benzene rings is 1. The second-order valence-corrected chi connectivity index (χ2v) is 7.95. The van der Waals surface area contributed by atoms with E-state index < -0.39 is 0 Å². The molecule has 0 bridgehead atoms. The summed E-state index contributed by atoms with van der Waals surface area (Å²) in [5, 5.41) is 3.26. The van der Waals surface area contributed by atoms with Crippen LogP contribution in [0.2, 0.25) is 0 Å². The maximum atomic E-state index is 12.4. The summed E-state index contributed by atoms with van der Waals surface area (Å²) in [4.78, 5) is 14.8. The van der Waals surface area contributed by atoms with Crippen molar-refractivity contribution in [2.24, 2.45) is 0 Å². The van der Waals surface area contributed by atoms with E-state index in [9.17, 15) is 4.79 Å². The van der Waals surface area contributed by atoms with Crippen molar-refractivity contribution in [2.45, 2.75) is 24.5 Å². The van der Waals surface area contributed by atoms with Crippen LogP contribution in [0.15, 0.2) is 24.3 Å². The van der Waals surface area contributed by atoms with Gasteiger partial charge in [-0.2, -0.15) is 11.8 Å². The van der Waals surface area contributed by atoms with Crippen molar-refractivity contribution in [1.29, 1.82) is 0 Å². The summed E-state index contributed by atoms with van der Waals surface area (Å²) in [6.45, 7) is 2.20. The quantitative estimate of drug-likeness (QED) is 0.923. The highest BCUT2D eigenvalue weighted by Crippen LogP contribution is 2.30. The minimum absolute atomic E-state index is 0.0955. The van der Waals surface area contributed by atoms with Gasteiger partial charge in [-0.05, 0) is 31.4 Å². The molecule has 3 rings (SSSR count). The van der Waals surface area contributed by atoms with E-state index in [0.29, 0.717) is 0 Å². The van der Waals surface area contributed by atoms with Gasteiger partial charge in [0.1, 0.15) is 0 Å². The summed E-state index contributed by atoms with van der Waals surface area (Å²) < 4.78 is 0. The highest BCUT2D eigenvalue weighted by molar-refractivity contribution is 8.07. The summed E-state index contributed by atoms with van der Waals surface area (Å²) in [5.41, 5.74) is 2.15. The zero-order valence-corrected chi connectivity index (χ0v) is 13.8. The minimum Gasteiger partial charge on any atom is -0.370 e. The molecule has 1 aromatic rings. The maximum Gasteiger partial charge on any atom is 0.238 e. The number of piperidine rings is 1. The van der Waals surface area contributed by atoms with Crippen LogP contribution in [0.5, 0.6) is 0 Å². The number of hydrogen-bond donors (Lipinski definition) is 1. The van der Waals surface area contributed by atoms with Gasteiger partial charge in [-0.3, -0.25) is 4.79 Å². The Morgan fingerprint density at radius 1 is 1.14 bits per heavy atom. The number of thioether (sulfide) groups is 2. The van der Waals surface area contributed by atoms with Gasteiger partial charge in [0.05, 0.1) is 16.6 Å². The number of hydrogen-bond acceptors (Lipinski definition) is 4. The molecule has 114 valence electrons. The number of rotatable bonds is 3. The molecule has 0 saturated carbocycles. The Morgan fingerprint density at radius 3 is 2.71 bits per heavy atom. The molecule has 1 atom stereocenters. The SMILES string of the molecule is O=C(Nc1ccccc1N1CCCCC1)C1CSCCS1. The third-order valence-corrected chi connectivity index (χ3v) is 6.72. The Morgan fingerprint density at radius 2 is 1.95 bits per heavy atom. The second kappa shape index (κ2) is 7.45. The van der Waals surface area contributed by atoms with Gasteiger partial charge in [-0.1, -0.05) is 12.1 Å². The predicted molar refractivity (Wildman–Crippen MR) is 94.7 cm³/mol. The molecule has 3 nitrogen and oxygen atoms in total. The van der Waals surface area contributed by atoms with Crippen LogP contribution in [0, 0.1) is 0 Å². The number of amides is 1. The normalized spacial score (nSPS) is 22.9. The van der Waals surface area contributed by atoms with Crippen LogP contribution in [-0.4, -0.2) is 41.5 Å². The molecule has 0 spiro atoms. The average Bonchev–Trinajstić information content (AvgIpc) is 2.57. The first kappa shape index (κ1) is 15.1. The molecule has 5 heteroatoms. The number of carbonyl (C=O) groups is 1. The molecule has 2 fully saturated rings. The van der Waals surface area contributed by atoms with E-state index in [4.69, 9.17) is 0 Å². The van der Waals surface area contributed by atoms with Crippen LogP contribution < -0.4 is 10.2 Å². The summed E-state index contributed by atoms with van der Waals surface area (Å²) in [6.07, 6.45) is 3.82. The molecular formula is C16H22N2OS2. The van der Waals surface area contributed by atoms with Crippen LogP contribution in [0.25, 0.3) is 0 Å². The lowest BCUT2D eigenvalue weighted by atomic mass is 10.1. The molecular weight excluding hydrogens is 300 g/mol. The fourth-order valence-electron chi connectivity index (χ4n) is 2.84. The molecule has 0 radical (unpaired) electrons. The number of anilines is 2. The van der Waals surface area contributed by atoms with Crippen LogP contribution in [-0.2, 0) is 4.79 Å². The lowest BCUT2D eigenvalue weighted by Gasteiger charge is -2.31. The third-order valence-electron chi connectivity index (χ3n) is 3.97. The first-order valence-electron chi connectivity index (χ1n) is 7.69. The van der Waals surface area contributed by atoms with Gasteiger partial charge in [0.15, 0.2) is 0 Å². The summed E-state index contributed by atoms with van der Waals surface area (Å²) in [6, 6.07) is 8.23. The van der Waals surface area contributed by atoms with Crippen LogP contribution in [0.3, 0.4) is 0 Å². The van der Waals surface area contributed by atoms with Gasteiger partial charge < -0.3 is 10.2 Å². The number of para-hydroxylation sites is 2. The van der Waals surface area contributed by atoms with Crippen LogP contribution >= 0.6 is 23.5 Å². The standard InChI is InChI=1S/C16H22N2OS2/c19-16(15-12-20-10-11-21-15)17-13-6-2-3-7-14(13)18-8-4-1-5-9-18/h2-3,6-7,15H,1,4-5,8-12H2,(H,17,19). The van der Waals surface area contributed by atoms with E-state index in [1.165, 1.54) is 30.7 Å². The van der Waals surface area contributed by atoms with E-state index in [2.05, 4.69) is 22.3 Å². The molecule has 2 saturated heterocycles. The smallest absolute Gasteiger partial charge is 0.238 e. The van der Waals surface area contributed by atoms with Gasteiger partial charge in [0.2, 0.25) is 5.91 Å². The second-order valence-electron chi connectivity index (χ2n) is 5.49. The third kappa shape index (κ3) is 3.89. The number of nitrogens with zero attached hydrogens (tertiary/aromatic N) is 1. The van der Waals surface area contributed by atoms with E-state index in [0.717, 1.165) is 30.3 Å². The highest BCUT2D eigenvalue weighted by Gasteiger charge is 2.23. The Bertz CT molecular complexity index is 483. The van der Waals surface area contributed by atoms with Crippen molar-refractivity contribution in [1.82, 2.24) is 0 Å². The Balaban J connectivity index is 1.70. The first-order chi connectivity index (χ1) is 10.3. The zero-order chi connectivity index (χ0) is 14.5. The van der Waals surface area contributed by atoms with E-state index in [-0.39, 0.29) is 11.2 Å². The molecule has 21 heavy (non-hydrogen) atoms. The van der Waals surface area contributed by atoms with Gasteiger partial charge in [-0.15, -0.1) is 11.8 Å². The van der Waals surface area contributed by atoms with E-state index >= 15 is 0 Å². The fourth-order valence-corrected chi connectivity index (χ4v) is 5.40. The number of carbonyl (C=O) groups excluding carboxylic acids is 1. The minimum atomic E-state index is 0.0955. The molecule has 1 aromatic carbocycles. The molecule has 2 aliphatic rings. The van der Waals surface area contributed by atoms with Crippen LogP contribution in [0.4, 0.5) is 11.4 Å². The van der Waals surface area contributed by atoms with Crippen molar-refractivity contribution in [3.8, 4) is 0 Å². The monoisotopic (exact) mass is 322 g/mol. The van der Waals surface area contributed by atoms with Crippen molar-refractivity contribution in [3.63, 3.8) is 0 Å². The molecule has 0 aromatic heterocycles. The Kier molecular flexibility index (Phi) is 5.36. The summed E-state index contributed by atoms with van der Waals surface area (Å²) in [7, 11) is 0. The topological polar surface area (TPSA) is 32.3 Å². The van der Waals surface area contributed by atoms with Crippen molar-refractivity contribution in [2.75, 3.05) is 40.6 Å². The lowest BCUT2D eigenvalue weighted by Crippen LogP contribution is -2.33. The number of nitrogens with one attached hydrogen (secondary N) is 1. The maximum absolute atomic E-state index is 12.4. The summed E-state index contributed by atoms with van der Waals surface area (Å²) in [5.74, 6) is 3.34. The molecule has 1 unspecified atom stereocenters. The molecule has 0 aliphatic carbocycles.